The molecule has 0 fully saturated rings. The molecule has 6 nitrogen and oxygen atoms in total. The van der Waals surface area contributed by atoms with E-state index in [-0.39, 0.29) is 24.6 Å². The Morgan fingerprint density at radius 2 is 1.34 bits per heavy atom. The molecule has 0 saturated heterocycles. The van der Waals surface area contributed by atoms with E-state index in [1.165, 1.54) is 89.9 Å². The fourth-order valence-electron chi connectivity index (χ4n) is 4.53. The van der Waals surface area contributed by atoms with Crippen LogP contribution in [-0.4, -0.2) is 29.4 Å². The summed E-state index contributed by atoms with van der Waals surface area (Å²) in [6.07, 6.45) is 20.5. The molecule has 0 N–H and O–H groups in total. The van der Waals surface area contributed by atoms with Crippen molar-refractivity contribution in [3.05, 3.63) is 35.9 Å². The first-order valence-corrected chi connectivity index (χ1v) is 19.0. The molecule has 3 atom stereocenters. The van der Waals surface area contributed by atoms with Crippen LogP contribution in [0.15, 0.2) is 30.3 Å². The minimum Gasteiger partial charge on any atom is -0.452 e. The number of ether oxygens (including phenoxy) is 1. The smallest absolute Gasteiger partial charge is 0.452 e. The van der Waals surface area contributed by atoms with Crippen molar-refractivity contribution < 1.29 is 28.2 Å². The second kappa shape index (κ2) is 25.6. The van der Waals surface area contributed by atoms with E-state index in [4.69, 9.17) is 18.8 Å². The highest BCUT2D eigenvalue weighted by atomic mass is 32.2. The van der Waals surface area contributed by atoms with Crippen LogP contribution in [0.3, 0.4) is 0 Å². The number of hydrogen-bond acceptors (Lipinski definition) is 7. The predicted octanol–water partition coefficient (Wildman–Crippen LogP) is 11.7. The molecule has 0 aliphatic carbocycles. The van der Waals surface area contributed by atoms with E-state index in [1.54, 1.807) is 0 Å². The van der Waals surface area contributed by atoms with E-state index in [1.807, 2.05) is 55.9 Å². The van der Waals surface area contributed by atoms with Gasteiger partial charge in [0.25, 0.3) is 0 Å². The van der Waals surface area contributed by atoms with Gasteiger partial charge in [-0.25, -0.2) is 14.2 Å². The molecule has 0 aliphatic heterocycles. The van der Waals surface area contributed by atoms with Crippen LogP contribution in [0.25, 0.3) is 0 Å². The quantitative estimate of drug-likeness (QED) is 0.0402. The van der Waals surface area contributed by atoms with Crippen molar-refractivity contribution in [1.82, 2.24) is 0 Å². The van der Waals surface area contributed by atoms with E-state index in [2.05, 4.69) is 13.8 Å². The molecule has 0 saturated carbocycles. The minimum absolute atomic E-state index is 0.00679. The lowest BCUT2D eigenvalue weighted by molar-refractivity contribution is -0.245. The average Bonchev–Trinajstić information content (AvgIpc) is 2.99. The molecular formula is C33H59O6PS. The first-order chi connectivity index (χ1) is 20.0. The second-order valence-corrected chi connectivity index (χ2v) is 14.2. The van der Waals surface area contributed by atoms with Gasteiger partial charge in [-0.15, -0.1) is 4.67 Å². The third-order valence-corrected chi connectivity index (χ3v) is 10.1. The lowest BCUT2D eigenvalue weighted by atomic mass is 10.1. The summed E-state index contributed by atoms with van der Waals surface area (Å²) in [6, 6.07) is 9.26. The van der Waals surface area contributed by atoms with Crippen LogP contribution in [-0.2, 0) is 30.0 Å². The largest absolute Gasteiger partial charge is 0.464 e. The van der Waals surface area contributed by atoms with Crippen molar-refractivity contribution in [2.45, 2.75) is 155 Å². The average molecular weight is 615 g/mol. The zero-order chi connectivity index (χ0) is 30.0. The van der Waals surface area contributed by atoms with Crippen LogP contribution in [0.2, 0.25) is 0 Å². The summed E-state index contributed by atoms with van der Waals surface area (Å²) in [5.41, 5.74) is -0.222. The Bertz CT molecular complexity index is 793. The first-order valence-electron chi connectivity index (χ1n) is 16.4. The highest BCUT2D eigenvalue weighted by Crippen LogP contribution is 2.51. The van der Waals surface area contributed by atoms with Crippen molar-refractivity contribution in [1.29, 1.82) is 0 Å². The summed E-state index contributed by atoms with van der Waals surface area (Å²) in [4.78, 5) is 18.4. The number of carbonyl (C=O) groups excluding carboxylic acids is 1. The van der Waals surface area contributed by atoms with Gasteiger partial charge < -0.3 is 4.74 Å². The number of hydrogen-bond donors (Lipinski definition) is 0. The molecule has 8 heteroatoms. The van der Waals surface area contributed by atoms with Crippen molar-refractivity contribution in [3.8, 4) is 0 Å². The first kappa shape index (κ1) is 38.2. The van der Waals surface area contributed by atoms with E-state index in [0.29, 0.717) is 6.42 Å². The Morgan fingerprint density at radius 3 is 1.93 bits per heavy atom. The highest BCUT2D eigenvalue weighted by Gasteiger charge is 2.40. The van der Waals surface area contributed by atoms with E-state index >= 15 is 0 Å². The molecule has 1 aromatic carbocycles. The molecule has 1 rings (SSSR count). The summed E-state index contributed by atoms with van der Waals surface area (Å²) < 4.78 is 29.4. The molecule has 0 radical (unpaired) electrons. The van der Waals surface area contributed by atoms with Gasteiger partial charge in [0, 0.05) is 5.25 Å². The summed E-state index contributed by atoms with van der Waals surface area (Å²) in [5, 5.41) is 0.190. The van der Waals surface area contributed by atoms with Crippen LogP contribution >= 0.6 is 19.4 Å². The van der Waals surface area contributed by atoms with Crippen molar-refractivity contribution in [3.63, 3.8) is 0 Å². The molecule has 0 bridgehead atoms. The monoisotopic (exact) mass is 614 g/mol. The predicted molar refractivity (Wildman–Crippen MR) is 174 cm³/mol. The van der Waals surface area contributed by atoms with Gasteiger partial charge in [-0.2, -0.15) is 11.8 Å². The third-order valence-electron chi connectivity index (χ3n) is 7.13. The molecule has 0 spiro atoms. The number of rotatable bonds is 28. The lowest BCUT2D eigenvalue weighted by Crippen LogP contribution is -2.25. The summed E-state index contributed by atoms with van der Waals surface area (Å²) in [6.45, 7) is 8.41. The van der Waals surface area contributed by atoms with Gasteiger partial charge in [-0.3, -0.25) is 4.52 Å². The fourth-order valence-corrected chi connectivity index (χ4v) is 6.96. The Balaban J connectivity index is 2.56. The van der Waals surface area contributed by atoms with Crippen LogP contribution in [0, 0.1) is 0 Å². The maximum absolute atomic E-state index is 13.4. The lowest BCUT2D eigenvalue weighted by Gasteiger charge is -2.24. The molecular weight excluding hydrogens is 555 g/mol. The van der Waals surface area contributed by atoms with Crippen LogP contribution in [0.5, 0.6) is 0 Å². The Labute approximate surface area is 255 Å². The Kier molecular flexibility index (Phi) is 23.9. The zero-order valence-electron chi connectivity index (χ0n) is 26.5. The summed E-state index contributed by atoms with van der Waals surface area (Å²) >= 11 is 1.90. The van der Waals surface area contributed by atoms with E-state index in [9.17, 15) is 9.36 Å². The van der Waals surface area contributed by atoms with Crippen LogP contribution in [0.4, 0.5) is 4.79 Å². The van der Waals surface area contributed by atoms with Gasteiger partial charge in [-0.05, 0) is 37.5 Å². The molecule has 3 unspecified atom stereocenters. The molecule has 41 heavy (non-hydrogen) atoms. The molecule has 0 amide bonds. The highest BCUT2D eigenvalue weighted by molar-refractivity contribution is 7.99. The second-order valence-electron chi connectivity index (χ2n) is 11.0. The Morgan fingerprint density at radius 1 is 0.780 bits per heavy atom. The van der Waals surface area contributed by atoms with Crippen molar-refractivity contribution >= 4 is 25.1 Å². The third kappa shape index (κ3) is 19.1. The van der Waals surface area contributed by atoms with Gasteiger partial charge >= 0.3 is 13.3 Å². The van der Waals surface area contributed by atoms with Gasteiger partial charge in [0.1, 0.15) is 12.7 Å². The van der Waals surface area contributed by atoms with Gasteiger partial charge in [-0.1, -0.05) is 141 Å². The van der Waals surface area contributed by atoms with E-state index < -0.39 is 13.3 Å². The fraction of sp³-hybridized carbons (Fsp3) is 0.788. The standard InChI is InChI=1S/C33H59O6PS/c1-5-8-10-12-13-14-15-16-18-23-28-41-32(26-22-17-11-9-6-2)30(4)38-39-40(35,37-27-7-3)33(34)36-29-31-24-20-19-21-25-31/h19-21,24-25,30,32H,5-18,22-23,26-29H2,1-4H3. The number of unbranched alkanes of at least 4 members (excludes halogenated alkanes) is 13. The molecule has 1 aromatic rings. The van der Waals surface area contributed by atoms with Gasteiger partial charge in [0.15, 0.2) is 0 Å². The number of carbonyl (C=O) groups is 1. The maximum Gasteiger partial charge on any atom is 0.464 e. The molecule has 0 aliphatic rings. The van der Waals surface area contributed by atoms with Crippen LogP contribution < -0.4 is 0 Å². The number of benzene rings is 1. The SMILES string of the molecule is CCCCCCCCCCCCSC(CCCCCCC)C(C)OOP(=O)(OCCC)C(=O)OCc1ccccc1. The van der Waals surface area contributed by atoms with E-state index in [0.717, 1.165) is 24.2 Å². The minimum atomic E-state index is -4.25. The maximum atomic E-state index is 13.4. The normalized spacial score (nSPS) is 14.4. The van der Waals surface area contributed by atoms with Crippen molar-refractivity contribution in [2.24, 2.45) is 0 Å². The summed E-state index contributed by atoms with van der Waals surface area (Å²) in [7, 11) is -4.25. The molecule has 0 aromatic heterocycles. The molecule has 0 heterocycles. The number of thioether (sulfide) groups is 1. The van der Waals surface area contributed by atoms with Gasteiger partial charge in [0.2, 0.25) is 0 Å². The molecule has 238 valence electrons. The van der Waals surface area contributed by atoms with Crippen molar-refractivity contribution in [2.75, 3.05) is 12.4 Å². The zero-order valence-corrected chi connectivity index (χ0v) is 28.2. The summed E-state index contributed by atoms with van der Waals surface area (Å²) in [5.74, 6) is 1.06. The topological polar surface area (TPSA) is 71.1 Å². The Hall–Kier alpha value is -0.850. The van der Waals surface area contributed by atoms with Crippen LogP contribution in [0.1, 0.15) is 142 Å². The van der Waals surface area contributed by atoms with Gasteiger partial charge in [0.05, 0.1) is 6.61 Å².